The minimum absolute atomic E-state index is 0.225. The normalized spacial score (nSPS) is 18.0. The number of hydrogen-bond acceptors (Lipinski definition) is 5. The van der Waals surface area contributed by atoms with Crippen molar-refractivity contribution in [1.29, 1.82) is 0 Å². The van der Waals surface area contributed by atoms with Crippen molar-refractivity contribution >= 4 is 11.7 Å². The van der Waals surface area contributed by atoms with E-state index in [1.807, 2.05) is 24.3 Å². The zero-order valence-electron chi connectivity index (χ0n) is 14.1. The number of hydrogen-bond donors (Lipinski definition) is 3. The number of benzene rings is 1. The van der Waals surface area contributed by atoms with E-state index in [9.17, 15) is 9.90 Å². The van der Waals surface area contributed by atoms with E-state index in [0.29, 0.717) is 18.2 Å². The van der Waals surface area contributed by atoms with E-state index in [0.717, 1.165) is 38.2 Å². The van der Waals surface area contributed by atoms with Crippen LogP contribution in [0.15, 0.2) is 36.9 Å². The van der Waals surface area contributed by atoms with Crippen LogP contribution in [0, 0.1) is 5.92 Å². The number of piperidine rings is 1. The van der Waals surface area contributed by atoms with Crippen LogP contribution in [-0.2, 0) is 0 Å². The number of nitrogens with one attached hydrogen (secondary N) is 2. The molecule has 2 aromatic rings. The summed E-state index contributed by atoms with van der Waals surface area (Å²) in [5.74, 6) is 0.364. The molecule has 3 N–H and O–H groups in total. The summed E-state index contributed by atoms with van der Waals surface area (Å²) >= 11 is 0. The van der Waals surface area contributed by atoms with Crippen LogP contribution in [0.4, 0.5) is 10.5 Å². The molecule has 2 heterocycles. The van der Waals surface area contributed by atoms with Gasteiger partial charge in [-0.1, -0.05) is 6.07 Å². The lowest BCUT2D eigenvalue weighted by Gasteiger charge is -2.31. The number of urea groups is 1. The average molecular weight is 344 g/mol. The summed E-state index contributed by atoms with van der Waals surface area (Å²) in [7, 11) is 0. The molecule has 1 saturated heterocycles. The number of likely N-dealkylation sites (tertiary alicyclic amines) is 1. The number of anilines is 1. The first kappa shape index (κ1) is 17.4. The van der Waals surface area contributed by atoms with Gasteiger partial charge in [-0.2, -0.15) is 0 Å². The highest BCUT2D eigenvalue weighted by Crippen LogP contribution is 2.15. The van der Waals surface area contributed by atoms with Crippen LogP contribution in [0.1, 0.15) is 12.8 Å². The Balaban J connectivity index is 1.44. The molecule has 0 aliphatic carbocycles. The van der Waals surface area contributed by atoms with Crippen LogP contribution >= 0.6 is 0 Å². The van der Waals surface area contributed by atoms with Crippen molar-refractivity contribution in [2.45, 2.75) is 12.8 Å². The SMILES string of the molecule is O=C(NCCN1CCC[C@@H](CO)C1)Nc1cccc(-n2cnnc2)c1. The molecule has 0 bridgehead atoms. The standard InChI is InChI=1S/C17H24N6O2/c24-11-14-3-2-7-22(10-14)8-6-18-17(25)21-15-4-1-5-16(9-15)23-12-19-20-13-23/h1,4-5,9,12-14,24H,2-3,6-8,10-11H2,(H2,18,21,25)/t14-/m1/s1. The number of aliphatic hydroxyl groups excluding tert-OH is 1. The van der Waals surface area contributed by atoms with E-state index in [1.54, 1.807) is 17.2 Å². The van der Waals surface area contributed by atoms with Crippen molar-refractivity contribution in [3.8, 4) is 5.69 Å². The third kappa shape index (κ3) is 5.01. The van der Waals surface area contributed by atoms with Crippen molar-refractivity contribution in [1.82, 2.24) is 25.0 Å². The van der Waals surface area contributed by atoms with E-state index in [4.69, 9.17) is 0 Å². The molecule has 134 valence electrons. The fourth-order valence-corrected chi connectivity index (χ4v) is 3.08. The van der Waals surface area contributed by atoms with Crippen molar-refractivity contribution in [2.24, 2.45) is 5.92 Å². The lowest BCUT2D eigenvalue weighted by Crippen LogP contribution is -2.42. The summed E-state index contributed by atoms with van der Waals surface area (Å²) in [4.78, 5) is 14.3. The van der Waals surface area contributed by atoms with Gasteiger partial charge in [0.05, 0.1) is 5.69 Å². The molecular weight excluding hydrogens is 320 g/mol. The molecule has 1 aromatic carbocycles. The van der Waals surface area contributed by atoms with Gasteiger partial charge >= 0.3 is 6.03 Å². The number of aliphatic hydroxyl groups is 1. The first-order valence-corrected chi connectivity index (χ1v) is 8.58. The topological polar surface area (TPSA) is 95.3 Å². The molecule has 0 spiro atoms. The highest BCUT2D eigenvalue weighted by molar-refractivity contribution is 5.89. The van der Waals surface area contributed by atoms with Crippen LogP contribution in [-0.4, -0.2) is 63.6 Å². The van der Waals surface area contributed by atoms with Gasteiger partial charge in [-0.25, -0.2) is 4.79 Å². The molecule has 25 heavy (non-hydrogen) atoms. The molecule has 1 atom stereocenters. The maximum absolute atomic E-state index is 12.1. The van der Waals surface area contributed by atoms with Crippen LogP contribution in [0.25, 0.3) is 5.69 Å². The largest absolute Gasteiger partial charge is 0.396 e. The predicted octanol–water partition coefficient (Wildman–Crippen LogP) is 1.09. The Bertz CT molecular complexity index is 676. The van der Waals surface area contributed by atoms with Gasteiger partial charge in [0.25, 0.3) is 0 Å². The zero-order chi connectivity index (χ0) is 17.5. The lowest BCUT2D eigenvalue weighted by molar-refractivity contribution is 0.121. The Morgan fingerprint density at radius 1 is 1.32 bits per heavy atom. The van der Waals surface area contributed by atoms with Gasteiger partial charge in [-0.05, 0) is 43.5 Å². The number of carbonyl (C=O) groups excluding carboxylic acids is 1. The van der Waals surface area contributed by atoms with E-state index in [1.165, 1.54) is 0 Å². The minimum Gasteiger partial charge on any atom is -0.396 e. The molecule has 1 aliphatic rings. The highest BCUT2D eigenvalue weighted by Gasteiger charge is 2.18. The Morgan fingerprint density at radius 2 is 2.16 bits per heavy atom. The van der Waals surface area contributed by atoms with Gasteiger partial charge in [0.1, 0.15) is 12.7 Å². The van der Waals surface area contributed by atoms with Crippen LogP contribution in [0.3, 0.4) is 0 Å². The first-order valence-electron chi connectivity index (χ1n) is 8.58. The molecule has 1 aliphatic heterocycles. The second kappa shape index (κ2) is 8.59. The minimum atomic E-state index is -0.225. The molecule has 0 radical (unpaired) electrons. The Hall–Kier alpha value is -2.45. The molecule has 8 nitrogen and oxygen atoms in total. The van der Waals surface area contributed by atoms with Crippen molar-refractivity contribution in [2.75, 3.05) is 38.1 Å². The van der Waals surface area contributed by atoms with Gasteiger partial charge < -0.3 is 20.6 Å². The summed E-state index contributed by atoms with van der Waals surface area (Å²) in [6.07, 6.45) is 5.41. The van der Waals surface area contributed by atoms with Crippen molar-refractivity contribution in [3.63, 3.8) is 0 Å². The molecule has 2 amide bonds. The Morgan fingerprint density at radius 3 is 2.96 bits per heavy atom. The second-order valence-corrected chi connectivity index (χ2v) is 6.29. The maximum atomic E-state index is 12.1. The monoisotopic (exact) mass is 344 g/mol. The maximum Gasteiger partial charge on any atom is 0.319 e. The number of aromatic nitrogens is 3. The van der Waals surface area contributed by atoms with E-state index < -0.39 is 0 Å². The summed E-state index contributed by atoms with van der Waals surface area (Å²) in [5.41, 5.74) is 1.59. The van der Waals surface area contributed by atoms with Gasteiger partial charge in [0, 0.05) is 31.9 Å². The summed E-state index contributed by atoms with van der Waals surface area (Å²) in [6, 6.07) is 7.26. The summed E-state index contributed by atoms with van der Waals surface area (Å²) in [6.45, 7) is 3.55. The zero-order valence-corrected chi connectivity index (χ0v) is 14.1. The van der Waals surface area contributed by atoms with Gasteiger partial charge in [0.15, 0.2) is 0 Å². The molecule has 1 fully saturated rings. The predicted molar refractivity (Wildman–Crippen MR) is 94.6 cm³/mol. The summed E-state index contributed by atoms with van der Waals surface area (Å²) in [5, 5.41) is 22.5. The Labute approximate surface area is 146 Å². The molecule has 3 rings (SSSR count). The number of rotatable bonds is 6. The number of carbonyl (C=O) groups is 1. The average Bonchev–Trinajstić information content (AvgIpc) is 3.17. The van der Waals surface area contributed by atoms with Gasteiger partial charge in [-0.15, -0.1) is 10.2 Å². The van der Waals surface area contributed by atoms with E-state index in [-0.39, 0.29) is 12.6 Å². The van der Waals surface area contributed by atoms with Crippen molar-refractivity contribution in [3.05, 3.63) is 36.9 Å². The molecule has 0 unspecified atom stereocenters. The highest BCUT2D eigenvalue weighted by atomic mass is 16.3. The lowest BCUT2D eigenvalue weighted by atomic mass is 9.99. The quantitative estimate of drug-likeness (QED) is 0.729. The van der Waals surface area contributed by atoms with Gasteiger partial charge in [0.2, 0.25) is 0 Å². The van der Waals surface area contributed by atoms with Gasteiger partial charge in [-0.3, -0.25) is 4.57 Å². The smallest absolute Gasteiger partial charge is 0.319 e. The fraction of sp³-hybridized carbons (Fsp3) is 0.471. The molecule has 1 aromatic heterocycles. The van der Waals surface area contributed by atoms with Crippen molar-refractivity contribution < 1.29 is 9.90 Å². The van der Waals surface area contributed by atoms with Crippen LogP contribution in [0.2, 0.25) is 0 Å². The van der Waals surface area contributed by atoms with E-state index in [2.05, 4.69) is 25.7 Å². The molecule has 0 saturated carbocycles. The fourth-order valence-electron chi connectivity index (χ4n) is 3.08. The summed E-state index contributed by atoms with van der Waals surface area (Å²) < 4.78 is 1.77. The van der Waals surface area contributed by atoms with Crippen LogP contribution in [0.5, 0.6) is 0 Å². The Kier molecular flexibility index (Phi) is 5.97. The third-order valence-corrected chi connectivity index (χ3v) is 4.40. The first-order chi connectivity index (χ1) is 12.2. The number of nitrogens with zero attached hydrogens (tertiary/aromatic N) is 4. The molecule has 8 heteroatoms. The third-order valence-electron chi connectivity index (χ3n) is 4.40. The van der Waals surface area contributed by atoms with Crippen LogP contribution < -0.4 is 10.6 Å². The second-order valence-electron chi connectivity index (χ2n) is 6.29. The number of amides is 2. The molecular formula is C17H24N6O2. The van der Waals surface area contributed by atoms with E-state index >= 15 is 0 Å².